The molecule has 7 heteroatoms. The van der Waals surface area contributed by atoms with E-state index in [1.165, 1.54) is 0 Å². The van der Waals surface area contributed by atoms with Gasteiger partial charge in [0.25, 0.3) is 11.5 Å². The summed E-state index contributed by atoms with van der Waals surface area (Å²) in [5.41, 5.74) is 6.67. The van der Waals surface area contributed by atoms with E-state index in [-0.39, 0.29) is 24.1 Å². The van der Waals surface area contributed by atoms with Gasteiger partial charge in [-0.15, -0.1) is 0 Å². The van der Waals surface area contributed by atoms with Crippen LogP contribution in [-0.2, 0) is 13.0 Å². The van der Waals surface area contributed by atoms with Crippen molar-refractivity contribution < 1.29 is 4.79 Å². The Labute approximate surface area is 199 Å². The molecule has 0 fully saturated rings. The van der Waals surface area contributed by atoms with E-state index in [0.717, 1.165) is 51.7 Å². The van der Waals surface area contributed by atoms with Gasteiger partial charge in [-0.25, -0.2) is 0 Å². The number of aryl methyl sites for hydroxylation is 3. The van der Waals surface area contributed by atoms with Crippen LogP contribution >= 0.6 is 0 Å². The predicted octanol–water partition coefficient (Wildman–Crippen LogP) is 4.87. The van der Waals surface area contributed by atoms with Crippen LogP contribution in [0.2, 0.25) is 0 Å². The Hall–Kier alpha value is -3.74. The lowest BCUT2D eigenvalue weighted by molar-refractivity contribution is 0.0952. The minimum atomic E-state index is -0.208. The zero-order valence-electron chi connectivity index (χ0n) is 20.4. The van der Waals surface area contributed by atoms with Crippen LogP contribution in [0.4, 0.5) is 0 Å². The molecule has 0 aliphatic heterocycles. The average molecular weight is 458 g/mol. The van der Waals surface area contributed by atoms with Crippen LogP contribution in [-0.4, -0.2) is 25.7 Å². The zero-order chi connectivity index (χ0) is 24.4. The summed E-state index contributed by atoms with van der Waals surface area (Å²) in [6.07, 6.45) is 7.15. The van der Waals surface area contributed by atoms with Gasteiger partial charge in [0.1, 0.15) is 0 Å². The highest BCUT2D eigenvalue weighted by atomic mass is 16.1. The number of aromatic nitrogens is 4. The molecule has 0 bridgehead atoms. The molecule has 4 rings (SSSR count). The smallest absolute Gasteiger partial charge is 0.253 e. The Bertz CT molecular complexity index is 1400. The first-order valence-corrected chi connectivity index (χ1v) is 11.7. The topological polar surface area (TPSA) is 92.7 Å². The zero-order valence-corrected chi connectivity index (χ0v) is 20.4. The van der Waals surface area contributed by atoms with Crippen LogP contribution in [0.15, 0.2) is 47.7 Å². The van der Waals surface area contributed by atoms with Gasteiger partial charge in [0.15, 0.2) is 0 Å². The van der Waals surface area contributed by atoms with E-state index in [9.17, 15) is 9.59 Å². The van der Waals surface area contributed by atoms with Crippen LogP contribution in [0, 0.1) is 13.8 Å². The number of benzene rings is 1. The van der Waals surface area contributed by atoms with Gasteiger partial charge in [-0.05, 0) is 75.1 Å². The van der Waals surface area contributed by atoms with Crippen molar-refractivity contribution in [1.29, 1.82) is 0 Å². The van der Waals surface area contributed by atoms with Crippen LogP contribution in [0.5, 0.6) is 0 Å². The molecule has 0 aliphatic carbocycles. The van der Waals surface area contributed by atoms with Crippen molar-refractivity contribution in [3.05, 3.63) is 81.2 Å². The standard InChI is InChI=1S/C27H31N5O2/c1-6-7-19-10-18(5)31-27(34)23(19)14-28-26(33)22-11-21(20-8-9-29-30-13-20)12-24-25(22)17(4)15-32(24)16(2)3/h8-13,15-16H,6-7,14H2,1-5H3,(H,28,33)(H,31,34). The number of rotatable bonds is 7. The van der Waals surface area contributed by atoms with E-state index >= 15 is 0 Å². The molecule has 34 heavy (non-hydrogen) atoms. The normalized spacial score (nSPS) is 11.4. The highest BCUT2D eigenvalue weighted by Crippen LogP contribution is 2.32. The number of amides is 1. The van der Waals surface area contributed by atoms with Crippen molar-refractivity contribution in [2.24, 2.45) is 0 Å². The molecule has 0 saturated heterocycles. The first-order valence-electron chi connectivity index (χ1n) is 11.7. The number of nitrogens with zero attached hydrogens (tertiary/aromatic N) is 3. The molecular formula is C27H31N5O2. The number of H-pyrrole nitrogens is 1. The molecule has 0 unspecified atom stereocenters. The molecule has 2 N–H and O–H groups in total. The van der Waals surface area contributed by atoms with E-state index < -0.39 is 0 Å². The van der Waals surface area contributed by atoms with Gasteiger partial charge in [0, 0.05) is 52.1 Å². The maximum Gasteiger partial charge on any atom is 0.253 e. The third-order valence-corrected chi connectivity index (χ3v) is 6.15. The molecule has 3 heterocycles. The molecule has 1 amide bonds. The van der Waals surface area contributed by atoms with Crippen LogP contribution < -0.4 is 10.9 Å². The molecule has 0 saturated carbocycles. The first kappa shape index (κ1) is 23.4. The molecule has 0 aliphatic rings. The first-order chi connectivity index (χ1) is 16.3. The van der Waals surface area contributed by atoms with Crippen molar-refractivity contribution >= 4 is 16.8 Å². The van der Waals surface area contributed by atoms with Crippen LogP contribution in [0.25, 0.3) is 22.0 Å². The molecule has 3 aromatic heterocycles. The molecule has 0 radical (unpaired) electrons. The molecule has 4 aromatic rings. The number of carbonyl (C=O) groups is 1. The number of aromatic amines is 1. The van der Waals surface area contributed by atoms with Gasteiger partial charge >= 0.3 is 0 Å². The second-order valence-electron chi connectivity index (χ2n) is 9.08. The van der Waals surface area contributed by atoms with Crippen LogP contribution in [0.1, 0.15) is 66.0 Å². The van der Waals surface area contributed by atoms with E-state index in [1.54, 1.807) is 12.4 Å². The third kappa shape index (κ3) is 4.51. The van der Waals surface area contributed by atoms with Crippen molar-refractivity contribution in [3.8, 4) is 11.1 Å². The maximum absolute atomic E-state index is 13.5. The minimum Gasteiger partial charge on any atom is -0.348 e. The summed E-state index contributed by atoms with van der Waals surface area (Å²) in [5.74, 6) is -0.208. The fourth-order valence-electron chi connectivity index (χ4n) is 4.56. The molecule has 0 atom stereocenters. The van der Waals surface area contributed by atoms with Crippen molar-refractivity contribution in [1.82, 2.24) is 25.1 Å². The highest BCUT2D eigenvalue weighted by Gasteiger charge is 2.19. The van der Waals surface area contributed by atoms with Crippen molar-refractivity contribution in [3.63, 3.8) is 0 Å². The Morgan fingerprint density at radius 2 is 1.94 bits per heavy atom. The van der Waals surface area contributed by atoms with E-state index in [1.807, 2.05) is 32.0 Å². The molecule has 1 aromatic carbocycles. The number of pyridine rings is 1. The Kier molecular flexibility index (Phi) is 6.63. The molecule has 0 spiro atoms. The minimum absolute atomic E-state index is 0.146. The number of hydrogen-bond acceptors (Lipinski definition) is 4. The SMILES string of the molecule is CCCc1cc(C)[nH]c(=O)c1CNC(=O)c1cc(-c2ccnnc2)cc2c1c(C)cn2C(C)C. The fraction of sp³-hybridized carbons (Fsp3) is 0.333. The highest BCUT2D eigenvalue weighted by molar-refractivity contribution is 6.09. The number of nitrogens with one attached hydrogen (secondary N) is 2. The van der Waals surface area contributed by atoms with Gasteiger partial charge in [-0.1, -0.05) is 13.3 Å². The van der Waals surface area contributed by atoms with Gasteiger partial charge in [0.05, 0.1) is 12.4 Å². The van der Waals surface area contributed by atoms with Gasteiger partial charge in [-0.2, -0.15) is 10.2 Å². The number of hydrogen-bond donors (Lipinski definition) is 2. The Balaban J connectivity index is 1.78. The summed E-state index contributed by atoms with van der Waals surface area (Å²) in [5, 5.41) is 11.8. The Morgan fingerprint density at radius 3 is 2.62 bits per heavy atom. The average Bonchev–Trinajstić information content (AvgIpc) is 3.15. The lowest BCUT2D eigenvalue weighted by atomic mass is 9.99. The predicted molar refractivity (Wildman–Crippen MR) is 135 cm³/mol. The second-order valence-corrected chi connectivity index (χ2v) is 9.08. The van der Waals surface area contributed by atoms with Crippen LogP contribution in [0.3, 0.4) is 0 Å². The van der Waals surface area contributed by atoms with Crippen molar-refractivity contribution in [2.75, 3.05) is 0 Å². The van der Waals surface area contributed by atoms with E-state index in [2.05, 4.69) is 58.1 Å². The number of carbonyl (C=O) groups excluding carboxylic acids is 1. The largest absolute Gasteiger partial charge is 0.348 e. The van der Waals surface area contributed by atoms with E-state index in [4.69, 9.17) is 0 Å². The fourth-order valence-corrected chi connectivity index (χ4v) is 4.56. The summed E-state index contributed by atoms with van der Waals surface area (Å²) in [7, 11) is 0. The van der Waals surface area contributed by atoms with Gasteiger partial charge < -0.3 is 14.9 Å². The summed E-state index contributed by atoms with van der Waals surface area (Å²) in [4.78, 5) is 29.0. The maximum atomic E-state index is 13.5. The van der Waals surface area contributed by atoms with Gasteiger partial charge in [-0.3, -0.25) is 9.59 Å². The summed E-state index contributed by atoms with van der Waals surface area (Å²) in [6.45, 7) is 10.4. The third-order valence-electron chi connectivity index (χ3n) is 6.15. The summed E-state index contributed by atoms with van der Waals surface area (Å²) in [6, 6.07) is 8.11. The quantitative estimate of drug-likeness (QED) is 0.414. The molecular weight excluding hydrogens is 426 g/mol. The second kappa shape index (κ2) is 9.63. The lowest BCUT2D eigenvalue weighted by Crippen LogP contribution is -2.28. The molecule has 176 valence electrons. The van der Waals surface area contributed by atoms with E-state index in [0.29, 0.717) is 11.1 Å². The summed E-state index contributed by atoms with van der Waals surface area (Å²) < 4.78 is 2.18. The Morgan fingerprint density at radius 1 is 1.15 bits per heavy atom. The lowest BCUT2D eigenvalue weighted by Gasteiger charge is -2.14. The monoisotopic (exact) mass is 457 g/mol. The molecule has 7 nitrogen and oxygen atoms in total. The summed E-state index contributed by atoms with van der Waals surface area (Å²) >= 11 is 0. The van der Waals surface area contributed by atoms with Gasteiger partial charge in [0.2, 0.25) is 0 Å². The van der Waals surface area contributed by atoms with Crippen molar-refractivity contribution in [2.45, 2.75) is 60.0 Å². The number of fused-ring (bicyclic) bond motifs is 1.